The molecule has 0 atom stereocenters. The number of hydrogen-bond donors (Lipinski definition) is 5. The molecule has 0 spiro atoms. The van der Waals surface area contributed by atoms with Gasteiger partial charge < -0.3 is 49.4 Å². The summed E-state index contributed by atoms with van der Waals surface area (Å²) in [6.07, 6.45) is 24.6. The molecule has 5 aliphatic heterocycles. The molecular weight excluding hydrogens is 1790 g/mol. The molecule has 22 nitrogen and oxygen atoms in total. The van der Waals surface area contributed by atoms with Crippen LogP contribution in [0.5, 0.6) is 0 Å². The monoisotopic (exact) mass is 1920 g/mol. The molecule has 0 radical (unpaired) electrons. The number of hydrogen-bond acceptors (Lipinski definition) is 20. The van der Waals surface area contributed by atoms with Crippen LogP contribution < -0.4 is 24.5 Å². The maximum Gasteiger partial charge on any atom is 0.187 e. The molecule has 20 rings (SSSR count). The normalized spacial score (nSPS) is 15.6. The van der Waals surface area contributed by atoms with Crippen LogP contribution >= 0.6 is 56.7 Å². The second-order valence-corrected chi connectivity index (χ2v) is 42.6. The van der Waals surface area contributed by atoms with Crippen LogP contribution in [0.3, 0.4) is 0 Å². The lowest BCUT2D eigenvalue weighted by Gasteiger charge is -2.34. The molecule has 0 aliphatic carbocycles. The Hall–Kier alpha value is -10.5. The van der Waals surface area contributed by atoms with E-state index < -0.39 is 0 Å². The van der Waals surface area contributed by atoms with Gasteiger partial charge in [0.2, 0.25) is 0 Å². The average molecular weight is 1920 g/mol. The predicted molar refractivity (Wildman–Crippen MR) is 561 cm³/mol. The van der Waals surface area contributed by atoms with Gasteiger partial charge in [0.25, 0.3) is 0 Å². The lowest BCUT2D eigenvalue weighted by molar-refractivity contribution is 0.253. The van der Waals surface area contributed by atoms with E-state index in [1.807, 2.05) is 119 Å². The summed E-state index contributed by atoms with van der Waals surface area (Å²) in [7, 11) is 0. The third kappa shape index (κ3) is 25.7. The molecule has 5 aromatic carbocycles. The van der Waals surface area contributed by atoms with Gasteiger partial charge >= 0.3 is 0 Å². The Labute approximate surface area is 813 Å². The van der Waals surface area contributed by atoms with Crippen molar-refractivity contribution in [3.8, 4) is 0 Å². The Morgan fingerprint density at radius 1 is 0.267 bits per heavy atom. The molecule has 135 heavy (non-hydrogen) atoms. The number of thiazole rings is 5. The number of nitrogens with zero attached hydrogens (tertiary/aromatic N) is 17. The van der Waals surface area contributed by atoms with Crippen molar-refractivity contribution in [1.29, 1.82) is 0 Å². The van der Waals surface area contributed by atoms with Crippen molar-refractivity contribution in [2.24, 2.45) is 0 Å². The van der Waals surface area contributed by atoms with Gasteiger partial charge in [-0.3, -0.25) is 24.5 Å². The number of rotatable bonds is 28. The molecule has 15 heterocycles. The molecule has 0 bridgehead atoms. The zero-order chi connectivity index (χ0) is 94.0. The van der Waals surface area contributed by atoms with Gasteiger partial charge in [-0.2, -0.15) is 0 Å². The van der Waals surface area contributed by atoms with Crippen LogP contribution in [0.4, 0.5) is 50.2 Å². The van der Waals surface area contributed by atoms with Gasteiger partial charge in [-0.05, 0) is 303 Å². The maximum absolute atomic E-state index is 13.5. The second-order valence-electron chi connectivity index (χ2n) is 36.7. The van der Waals surface area contributed by atoms with Crippen molar-refractivity contribution in [3.63, 3.8) is 0 Å². The summed E-state index contributed by atoms with van der Waals surface area (Å²) >= 11 is 9.06. The lowest BCUT2D eigenvalue weighted by atomic mass is 10.1. The Morgan fingerprint density at radius 3 is 0.674 bits per heavy atom. The van der Waals surface area contributed by atoms with Crippen LogP contribution in [0.2, 0.25) is 0 Å². The Morgan fingerprint density at radius 2 is 0.467 bits per heavy atom. The summed E-state index contributed by atoms with van der Waals surface area (Å²) in [6.45, 7) is 63.0. The van der Waals surface area contributed by atoms with Crippen molar-refractivity contribution >= 4 is 148 Å². The first-order chi connectivity index (χ1) is 65.6. The summed E-state index contributed by atoms with van der Waals surface area (Å²) in [5, 5.41) is 11.4. The number of halogens is 3. The van der Waals surface area contributed by atoms with Crippen LogP contribution in [0.15, 0.2) is 122 Å². The van der Waals surface area contributed by atoms with Crippen LogP contribution in [0.1, 0.15) is 132 Å². The van der Waals surface area contributed by atoms with E-state index in [-0.39, 0.29) is 17.5 Å². The SMILES string of the molecule is Cc1nc(N2CCN(CCCCc3c[nH]c4ccc(F)cc34)CC2)sc1C.Cc1nc(N2CCN(CCCCc3c[nH]c4ccc(F)cc34)CC2)sc1C.Cc1nc(N2CCN(CCCc3c[nH]c4ccc(F)cc34)CC2)sc1C.[C-]#[N+]c1ccc2[nH]cc(CCCCN3CCN(c4nc(C)c(C)s4)CC3)c2c1.[C-]#[N+]c1ccc2[nH]cc(CCCN3CCN(c4nc(C)c(C)s4)CC3)c2c1. The Bertz CT molecular complexity index is 6210. The number of piperazine rings is 5. The number of fused-ring (bicyclic) bond motifs is 5. The highest BCUT2D eigenvalue weighted by Gasteiger charge is 2.27. The third-order valence-electron chi connectivity index (χ3n) is 27.6. The van der Waals surface area contributed by atoms with Gasteiger partial charge in [-0.1, -0.05) is 12.1 Å². The fourth-order valence-corrected chi connectivity index (χ4v) is 23.5. The van der Waals surface area contributed by atoms with Crippen LogP contribution in [0, 0.1) is 99.8 Å². The number of benzene rings is 5. The molecule has 5 aliphatic rings. The standard InChI is InChI=1S/C22H27N5S.2C21H27FN4S.C21H25N5S.C20H25FN4S/c1-16-17(2)28-22(25-16)27-12-10-26(11-13-27)9-5-4-6-18-15-24-21-8-7-19(23-3)14-20(18)21;2*1-15-16(2)27-21(24-15)26-11-9-25(10-12-26)8-4-3-5-17-14-23-20-7-6-18(22)13-19(17)20;1-15-16(2)27-21(24-15)26-11-9-25(10-12-26)8-4-5-17-14-23-20-7-6-18(22-3)13-19(17)20;1-14-15(2)26-20(23-14)25-10-8-24(9-11-25)7-3-4-16-13-22-19-6-5-17(21)12-18(16)19/h7-8,14-15,24H,4-6,9-13H2,1-2H3;2*6-7,13-14,23H,3-5,8-12H2,1-2H3;6-7,13-14,23H,4-5,8-12H2,1-2H3;5-6,12-13,22H,3-4,7-11H2,1-2H3. The minimum atomic E-state index is -0.165. The van der Waals surface area contributed by atoms with E-state index in [2.05, 4.69) is 170 Å². The third-order valence-corrected chi connectivity index (χ3v) is 33.3. The summed E-state index contributed by atoms with van der Waals surface area (Å²) < 4.78 is 40.4. The molecule has 15 aromatic rings. The summed E-state index contributed by atoms with van der Waals surface area (Å²) in [6, 6.07) is 26.7. The van der Waals surface area contributed by atoms with Crippen molar-refractivity contribution in [2.75, 3.05) is 188 Å². The Kier molecular flexibility index (Phi) is 33.7. The predicted octanol–water partition coefficient (Wildman–Crippen LogP) is 22.7. The average Bonchev–Trinajstić information content (AvgIpc) is 1.37. The van der Waals surface area contributed by atoms with Gasteiger partial charge in [0.1, 0.15) is 17.5 Å². The first kappa shape index (κ1) is 97.6. The van der Waals surface area contributed by atoms with Gasteiger partial charge in [0.15, 0.2) is 37.0 Å². The summed E-state index contributed by atoms with van der Waals surface area (Å²) in [4.78, 5) is 78.5. The molecule has 5 saturated heterocycles. The number of aromatic nitrogens is 10. The molecule has 0 saturated carbocycles. The maximum atomic E-state index is 13.5. The topological polar surface area (TPSA) is 185 Å². The Balaban J connectivity index is 0.000000123. The number of aryl methyl sites for hydroxylation is 15. The van der Waals surface area contributed by atoms with Gasteiger partial charge in [0.05, 0.1) is 41.6 Å². The zero-order valence-electron chi connectivity index (χ0n) is 80.2. The van der Waals surface area contributed by atoms with Crippen molar-refractivity contribution in [1.82, 2.24) is 74.3 Å². The van der Waals surface area contributed by atoms with E-state index in [1.165, 1.54) is 145 Å². The molecular formula is C105H131F3N22S5. The van der Waals surface area contributed by atoms with Gasteiger partial charge in [-0.15, -0.1) is 56.7 Å². The fourth-order valence-electron chi connectivity index (χ4n) is 18.7. The highest BCUT2D eigenvalue weighted by atomic mass is 32.1. The minimum Gasteiger partial charge on any atom is -0.361 e. The first-order valence-electron chi connectivity index (χ1n) is 48.4. The van der Waals surface area contributed by atoms with Gasteiger partial charge in [-0.25, -0.2) is 47.8 Å². The van der Waals surface area contributed by atoms with E-state index in [1.54, 1.807) is 29.5 Å². The van der Waals surface area contributed by atoms with Crippen LogP contribution in [-0.2, 0) is 32.1 Å². The minimum absolute atomic E-state index is 0.160. The van der Waals surface area contributed by atoms with E-state index in [9.17, 15) is 13.2 Å². The second kappa shape index (κ2) is 46.6. The molecule has 5 N–H and O–H groups in total. The highest BCUT2D eigenvalue weighted by Crippen LogP contribution is 2.35. The van der Waals surface area contributed by atoms with E-state index in [0.717, 1.165) is 287 Å². The largest absolute Gasteiger partial charge is 0.361 e. The molecule has 0 amide bonds. The number of anilines is 5. The highest BCUT2D eigenvalue weighted by molar-refractivity contribution is 7.17. The molecule has 712 valence electrons. The van der Waals surface area contributed by atoms with Crippen molar-refractivity contribution < 1.29 is 13.2 Å². The van der Waals surface area contributed by atoms with Crippen LogP contribution in [0.25, 0.3) is 64.2 Å². The summed E-state index contributed by atoms with van der Waals surface area (Å²) in [5.74, 6) is -0.485. The molecule has 5 fully saturated rings. The van der Waals surface area contributed by atoms with E-state index >= 15 is 0 Å². The number of aromatic amines is 5. The smallest absolute Gasteiger partial charge is 0.187 e. The van der Waals surface area contributed by atoms with E-state index in [0.29, 0.717) is 5.69 Å². The quantitative estimate of drug-likeness (QED) is 0.0230. The molecule has 0 unspecified atom stereocenters. The lowest BCUT2D eigenvalue weighted by Crippen LogP contribution is -2.46. The molecule has 10 aromatic heterocycles. The number of nitrogens with one attached hydrogen (secondary N) is 5. The fraction of sp³-hybridized carbons (Fsp3) is 0.457. The van der Waals surface area contributed by atoms with Crippen molar-refractivity contribution in [3.05, 3.63) is 243 Å². The molecule has 30 heteroatoms. The zero-order valence-corrected chi connectivity index (χ0v) is 84.3. The van der Waals surface area contributed by atoms with Gasteiger partial charge in [0, 0.05) is 230 Å². The number of H-pyrrole nitrogens is 5. The number of unbranched alkanes of at least 4 members (excludes halogenated alkanes) is 3. The van der Waals surface area contributed by atoms with Crippen LogP contribution in [-0.4, -0.2) is 238 Å². The van der Waals surface area contributed by atoms with E-state index in [4.69, 9.17) is 33.1 Å². The summed E-state index contributed by atoms with van der Waals surface area (Å²) in [5.41, 5.74) is 18.9. The first-order valence-corrected chi connectivity index (χ1v) is 52.4. The van der Waals surface area contributed by atoms with Crippen molar-refractivity contribution in [2.45, 2.75) is 153 Å².